The lowest BCUT2D eigenvalue weighted by molar-refractivity contribution is -0.0865. The predicted molar refractivity (Wildman–Crippen MR) is 88.4 cm³/mol. The Hall–Kier alpha value is -0.130. The lowest BCUT2D eigenvalue weighted by Crippen LogP contribution is -2.53. The number of methoxy groups -OCH3 is 1. The molecule has 0 saturated heterocycles. The van der Waals surface area contributed by atoms with Crippen LogP contribution in [0.4, 0.5) is 0 Å². The first-order valence-corrected chi connectivity index (χ1v) is 9.95. The van der Waals surface area contributed by atoms with Crippen molar-refractivity contribution >= 4 is 9.84 Å². The van der Waals surface area contributed by atoms with Gasteiger partial charge < -0.3 is 10.1 Å². The van der Waals surface area contributed by atoms with Gasteiger partial charge in [0.2, 0.25) is 0 Å². The molecule has 1 aliphatic carbocycles. The van der Waals surface area contributed by atoms with Gasteiger partial charge in [-0.05, 0) is 51.0 Å². The van der Waals surface area contributed by atoms with Crippen molar-refractivity contribution < 1.29 is 13.2 Å². The van der Waals surface area contributed by atoms with Crippen molar-refractivity contribution in [1.82, 2.24) is 5.32 Å². The zero-order valence-electron chi connectivity index (χ0n) is 14.4. The highest BCUT2D eigenvalue weighted by Crippen LogP contribution is 2.44. The lowest BCUT2D eigenvalue weighted by atomic mass is 9.68. The smallest absolute Gasteiger partial charge is 0.150 e. The Morgan fingerprint density at radius 2 is 1.76 bits per heavy atom. The summed E-state index contributed by atoms with van der Waals surface area (Å²) >= 11 is 0. The van der Waals surface area contributed by atoms with Crippen LogP contribution in [0.25, 0.3) is 0 Å². The molecule has 5 heteroatoms. The maximum absolute atomic E-state index is 11.6. The van der Waals surface area contributed by atoms with E-state index in [9.17, 15) is 8.42 Å². The fourth-order valence-corrected chi connectivity index (χ4v) is 4.26. The van der Waals surface area contributed by atoms with Crippen molar-refractivity contribution in [2.24, 2.45) is 5.41 Å². The van der Waals surface area contributed by atoms with E-state index < -0.39 is 9.84 Å². The van der Waals surface area contributed by atoms with Crippen LogP contribution in [0.5, 0.6) is 0 Å². The van der Waals surface area contributed by atoms with Gasteiger partial charge in [-0.15, -0.1) is 0 Å². The molecule has 0 aromatic rings. The first-order chi connectivity index (χ1) is 9.70. The standard InChI is InChI=1S/C16H33NO3S/c1-6-21(18,19)13-7-8-14(17-4)16(20-5)11-9-15(2,3)10-12-16/h14,17H,6-13H2,1-5H3. The zero-order valence-corrected chi connectivity index (χ0v) is 15.2. The van der Waals surface area contributed by atoms with Crippen LogP contribution in [0.1, 0.15) is 59.3 Å². The fourth-order valence-electron chi connectivity index (χ4n) is 3.37. The van der Waals surface area contributed by atoms with Crippen molar-refractivity contribution in [3.05, 3.63) is 0 Å². The molecule has 0 spiro atoms. The van der Waals surface area contributed by atoms with Gasteiger partial charge in [0, 0.05) is 18.9 Å². The summed E-state index contributed by atoms with van der Waals surface area (Å²) in [5.74, 6) is 0.522. The highest BCUT2D eigenvalue weighted by Gasteiger charge is 2.43. The molecule has 126 valence electrons. The van der Waals surface area contributed by atoms with E-state index in [4.69, 9.17) is 4.74 Å². The van der Waals surface area contributed by atoms with E-state index in [1.165, 1.54) is 0 Å². The highest BCUT2D eigenvalue weighted by atomic mass is 32.2. The van der Waals surface area contributed by atoms with Gasteiger partial charge in [-0.25, -0.2) is 8.42 Å². The van der Waals surface area contributed by atoms with Gasteiger partial charge in [-0.1, -0.05) is 20.8 Å². The van der Waals surface area contributed by atoms with Gasteiger partial charge in [-0.3, -0.25) is 0 Å². The van der Waals surface area contributed by atoms with E-state index in [-0.39, 0.29) is 23.1 Å². The number of hydrogen-bond donors (Lipinski definition) is 1. The molecular weight excluding hydrogens is 286 g/mol. The van der Waals surface area contributed by atoms with Gasteiger partial charge in [0.05, 0.1) is 11.4 Å². The molecule has 1 rings (SSSR count). The van der Waals surface area contributed by atoms with E-state index in [1.807, 2.05) is 7.05 Å². The fraction of sp³-hybridized carbons (Fsp3) is 1.00. The van der Waals surface area contributed by atoms with Crippen molar-refractivity contribution in [3.63, 3.8) is 0 Å². The molecular formula is C16H33NO3S. The monoisotopic (exact) mass is 319 g/mol. The Morgan fingerprint density at radius 1 is 1.19 bits per heavy atom. The highest BCUT2D eigenvalue weighted by molar-refractivity contribution is 7.91. The third-order valence-electron chi connectivity index (χ3n) is 5.23. The largest absolute Gasteiger partial charge is 0.377 e. The maximum atomic E-state index is 11.6. The quantitative estimate of drug-likeness (QED) is 0.747. The van der Waals surface area contributed by atoms with E-state index in [0.29, 0.717) is 11.8 Å². The summed E-state index contributed by atoms with van der Waals surface area (Å²) in [6.45, 7) is 6.34. The second-order valence-corrected chi connectivity index (χ2v) is 9.63. The van der Waals surface area contributed by atoms with E-state index in [0.717, 1.165) is 32.1 Å². The van der Waals surface area contributed by atoms with Gasteiger partial charge >= 0.3 is 0 Å². The second kappa shape index (κ2) is 7.42. The maximum Gasteiger partial charge on any atom is 0.150 e. The summed E-state index contributed by atoms with van der Waals surface area (Å²) in [6.07, 6.45) is 5.96. The van der Waals surface area contributed by atoms with Crippen LogP contribution in [0.15, 0.2) is 0 Å². The molecule has 0 radical (unpaired) electrons. The van der Waals surface area contributed by atoms with Crippen LogP contribution in [-0.4, -0.2) is 45.7 Å². The van der Waals surface area contributed by atoms with Crippen LogP contribution in [-0.2, 0) is 14.6 Å². The summed E-state index contributed by atoms with van der Waals surface area (Å²) in [7, 11) is 0.887. The molecule has 0 aromatic carbocycles. The van der Waals surface area contributed by atoms with Crippen molar-refractivity contribution in [2.75, 3.05) is 25.7 Å². The molecule has 4 nitrogen and oxygen atoms in total. The molecule has 1 fully saturated rings. The van der Waals surface area contributed by atoms with Crippen molar-refractivity contribution in [3.8, 4) is 0 Å². The minimum Gasteiger partial charge on any atom is -0.377 e. The SMILES string of the molecule is CCS(=O)(=O)CCCC(NC)C1(OC)CCC(C)(C)CC1. The molecule has 1 atom stereocenters. The molecule has 1 saturated carbocycles. The normalized spacial score (nSPS) is 22.9. The summed E-state index contributed by atoms with van der Waals surface area (Å²) in [5, 5.41) is 3.38. The molecule has 0 aliphatic heterocycles. The summed E-state index contributed by atoms with van der Waals surface area (Å²) in [5.41, 5.74) is 0.256. The van der Waals surface area contributed by atoms with Gasteiger partial charge in [0.1, 0.15) is 9.84 Å². The topological polar surface area (TPSA) is 55.4 Å². The minimum absolute atomic E-state index is 0.139. The van der Waals surface area contributed by atoms with E-state index in [2.05, 4.69) is 19.2 Å². The Morgan fingerprint density at radius 3 is 2.19 bits per heavy atom. The summed E-state index contributed by atoms with van der Waals surface area (Å²) < 4.78 is 29.2. The molecule has 1 N–H and O–H groups in total. The molecule has 0 amide bonds. The molecule has 0 heterocycles. The van der Waals surface area contributed by atoms with Gasteiger partial charge in [-0.2, -0.15) is 0 Å². The molecule has 0 bridgehead atoms. The Kier molecular flexibility index (Phi) is 6.69. The Labute approximate surface area is 130 Å². The first kappa shape index (κ1) is 18.9. The molecule has 0 aromatic heterocycles. The Bertz CT molecular complexity index is 407. The molecule has 21 heavy (non-hydrogen) atoms. The van der Waals surface area contributed by atoms with Crippen molar-refractivity contribution in [2.45, 2.75) is 70.9 Å². The molecule has 1 unspecified atom stereocenters. The summed E-state index contributed by atoms with van der Waals surface area (Å²) in [4.78, 5) is 0. The number of rotatable bonds is 8. The Balaban J connectivity index is 2.64. The number of sulfone groups is 1. The average Bonchev–Trinajstić information content (AvgIpc) is 2.45. The van der Waals surface area contributed by atoms with Crippen LogP contribution in [0.2, 0.25) is 0 Å². The number of hydrogen-bond acceptors (Lipinski definition) is 4. The van der Waals surface area contributed by atoms with Gasteiger partial charge in [0.25, 0.3) is 0 Å². The number of nitrogens with one attached hydrogen (secondary N) is 1. The predicted octanol–water partition coefficient (Wildman–Crippen LogP) is 2.77. The summed E-state index contributed by atoms with van der Waals surface area (Å²) in [6, 6.07) is 0.227. The third-order valence-corrected chi connectivity index (χ3v) is 7.02. The number of ether oxygens (including phenoxy) is 1. The van der Waals surface area contributed by atoms with E-state index in [1.54, 1.807) is 14.0 Å². The lowest BCUT2D eigenvalue weighted by Gasteiger charge is -2.47. The number of likely N-dealkylation sites (N-methyl/N-ethyl adjacent to an activating group) is 1. The third kappa shape index (κ3) is 5.22. The van der Waals surface area contributed by atoms with Crippen molar-refractivity contribution in [1.29, 1.82) is 0 Å². The van der Waals surface area contributed by atoms with Crippen LogP contribution < -0.4 is 5.32 Å². The average molecular weight is 320 g/mol. The van der Waals surface area contributed by atoms with Gasteiger partial charge in [0.15, 0.2) is 0 Å². The van der Waals surface area contributed by atoms with Crippen LogP contribution in [0, 0.1) is 5.41 Å². The zero-order chi connectivity index (χ0) is 16.1. The minimum atomic E-state index is -2.87. The van der Waals surface area contributed by atoms with Crippen LogP contribution >= 0.6 is 0 Å². The molecule has 1 aliphatic rings. The van der Waals surface area contributed by atoms with Crippen LogP contribution in [0.3, 0.4) is 0 Å². The second-order valence-electron chi connectivity index (χ2n) is 7.15. The first-order valence-electron chi connectivity index (χ1n) is 8.13. The van der Waals surface area contributed by atoms with E-state index >= 15 is 0 Å².